The molecule has 2 aliphatic rings. The molecule has 0 radical (unpaired) electrons. The first-order valence-corrected chi connectivity index (χ1v) is 8.04. The highest BCUT2D eigenvalue weighted by atomic mass is 32.2. The average molecular weight is 354 g/mol. The summed E-state index contributed by atoms with van der Waals surface area (Å²) in [7, 11) is 0. The van der Waals surface area contributed by atoms with Gasteiger partial charge in [0.25, 0.3) is 0 Å². The van der Waals surface area contributed by atoms with Gasteiger partial charge in [0.1, 0.15) is 23.5 Å². The molecule has 2 heterocycles. The molecule has 1 aromatic carbocycles. The third-order valence-corrected chi connectivity index (χ3v) is 5.66. The standard InChI is InChI=1S/C16H19N3O4S/c1-16(2)11(15(22)23)19-13(21)10(14(19)24-16)18-12(20)9(17)8-6-4-3-5-7-8/h3-7,9-11,14H,17H2,1-2H3,(H,18,20)(H,22,23)/t9?,10-,11+,14-/m1/s1/i3D,4D,5D,6D,7D. The van der Waals surface area contributed by atoms with Crippen molar-refractivity contribution in [3.8, 4) is 0 Å². The highest BCUT2D eigenvalue weighted by Crippen LogP contribution is 2.50. The maximum Gasteiger partial charge on any atom is 0.327 e. The summed E-state index contributed by atoms with van der Waals surface area (Å²) in [6, 6.07) is -6.67. The molecule has 7 nitrogen and oxygen atoms in total. The van der Waals surface area contributed by atoms with E-state index in [1.54, 1.807) is 13.8 Å². The van der Waals surface area contributed by atoms with E-state index in [0.717, 1.165) is 0 Å². The third-order valence-electron chi connectivity index (χ3n) is 4.09. The summed E-state index contributed by atoms with van der Waals surface area (Å²) in [5, 5.41) is 11.3. The van der Waals surface area contributed by atoms with E-state index >= 15 is 0 Å². The van der Waals surface area contributed by atoms with Gasteiger partial charge in [-0.15, -0.1) is 11.8 Å². The Kier molecular flexibility index (Phi) is 2.77. The van der Waals surface area contributed by atoms with Gasteiger partial charge in [-0.1, -0.05) is 30.2 Å². The Bertz CT molecular complexity index is 915. The molecule has 0 saturated carbocycles. The van der Waals surface area contributed by atoms with Gasteiger partial charge in [-0.3, -0.25) is 9.59 Å². The second-order valence-electron chi connectivity index (χ2n) is 6.10. The van der Waals surface area contributed by atoms with Crippen molar-refractivity contribution in [1.29, 1.82) is 0 Å². The molecule has 8 heteroatoms. The number of amides is 2. The van der Waals surface area contributed by atoms with E-state index in [2.05, 4.69) is 5.32 Å². The Labute approximate surface area is 150 Å². The topological polar surface area (TPSA) is 113 Å². The number of carbonyl (C=O) groups is 3. The molecule has 2 amide bonds. The number of aliphatic carboxylic acids is 1. The van der Waals surface area contributed by atoms with Crippen LogP contribution >= 0.6 is 11.8 Å². The van der Waals surface area contributed by atoms with E-state index < -0.39 is 76.2 Å². The number of rotatable bonds is 4. The summed E-state index contributed by atoms with van der Waals surface area (Å²) in [4.78, 5) is 37.8. The number of fused-ring (bicyclic) bond motifs is 1. The summed E-state index contributed by atoms with van der Waals surface area (Å²) in [5.74, 6) is -2.60. The number of hydrogen-bond acceptors (Lipinski definition) is 5. The van der Waals surface area contributed by atoms with E-state index in [1.165, 1.54) is 16.7 Å². The van der Waals surface area contributed by atoms with Gasteiger partial charge in [0, 0.05) is 4.75 Å². The predicted molar refractivity (Wildman–Crippen MR) is 89.0 cm³/mol. The van der Waals surface area contributed by atoms with E-state index in [9.17, 15) is 19.5 Å². The minimum Gasteiger partial charge on any atom is -0.480 e. The maximum atomic E-state index is 12.6. The lowest BCUT2D eigenvalue weighted by molar-refractivity contribution is -0.161. The number of hydrogen-bond donors (Lipinski definition) is 3. The number of benzene rings is 1. The Morgan fingerprint density at radius 1 is 1.42 bits per heavy atom. The molecular formula is C16H19N3O4S. The lowest BCUT2D eigenvalue weighted by Crippen LogP contribution is -2.71. The van der Waals surface area contributed by atoms with Gasteiger partial charge in [0.15, 0.2) is 0 Å². The van der Waals surface area contributed by atoms with Crippen molar-refractivity contribution in [1.82, 2.24) is 10.2 Å². The van der Waals surface area contributed by atoms with Crippen LogP contribution in [0.5, 0.6) is 0 Å². The molecule has 4 N–H and O–H groups in total. The summed E-state index contributed by atoms with van der Waals surface area (Å²) in [6.07, 6.45) is 0. The summed E-state index contributed by atoms with van der Waals surface area (Å²) >= 11 is 1.24. The molecule has 1 unspecified atom stereocenters. The van der Waals surface area contributed by atoms with Crippen molar-refractivity contribution in [2.75, 3.05) is 0 Å². The minimum atomic E-state index is -1.60. The number of nitrogens with one attached hydrogen (secondary N) is 1. The van der Waals surface area contributed by atoms with Crippen molar-refractivity contribution in [2.45, 2.75) is 42.1 Å². The fourth-order valence-electron chi connectivity index (χ4n) is 2.93. The van der Waals surface area contributed by atoms with Gasteiger partial charge in [-0.05, 0) is 19.4 Å². The Hall–Kier alpha value is -2.06. The molecule has 1 aromatic rings. The monoisotopic (exact) mass is 354 g/mol. The number of nitrogens with zero attached hydrogens (tertiary/aromatic N) is 1. The number of β-lactam (4-membered cyclic amide) rings is 1. The average Bonchev–Trinajstić information content (AvgIpc) is 2.90. The van der Waals surface area contributed by atoms with Gasteiger partial charge in [0.05, 0.1) is 6.85 Å². The van der Waals surface area contributed by atoms with Crippen LogP contribution in [0.15, 0.2) is 30.2 Å². The van der Waals surface area contributed by atoms with E-state index in [0.29, 0.717) is 0 Å². The van der Waals surface area contributed by atoms with Gasteiger partial charge < -0.3 is 21.1 Å². The van der Waals surface area contributed by atoms with Crippen LogP contribution in [-0.2, 0) is 14.4 Å². The van der Waals surface area contributed by atoms with Gasteiger partial charge in [0.2, 0.25) is 11.8 Å². The first-order valence-electron chi connectivity index (χ1n) is 9.66. The van der Waals surface area contributed by atoms with Gasteiger partial charge in [-0.25, -0.2) is 4.79 Å². The van der Waals surface area contributed by atoms with Crippen molar-refractivity contribution in [2.24, 2.45) is 5.73 Å². The van der Waals surface area contributed by atoms with Crippen molar-refractivity contribution in [3.05, 3.63) is 35.8 Å². The number of carboxylic acid groups (broad SMARTS) is 1. The molecule has 2 aliphatic heterocycles. The lowest BCUT2D eigenvalue weighted by Gasteiger charge is -2.43. The maximum absolute atomic E-state index is 12.6. The minimum absolute atomic E-state index is 0.375. The number of nitrogens with two attached hydrogens (primary N) is 1. The summed E-state index contributed by atoms with van der Waals surface area (Å²) in [5.41, 5.74) is 5.49. The Balaban J connectivity index is 1.83. The van der Waals surface area contributed by atoms with Gasteiger partial charge >= 0.3 is 5.97 Å². The van der Waals surface area contributed by atoms with Crippen molar-refractivity contribution in [3.63, 3.8) is 0 Å². The zero-order valence-corrected chi connectivity index (χ0v) is 13.7. The smallest absolute Gasteiger partial charge is 0.327 e. The second-order valence-corrected chi connectivity index (χ2v) is 7.87. The molecule has 2 saturated heterocycles. The van der Waals surface area contributed by atoms with Crippen LogP contribution in [-0.4, -0.2) is 50.0 Å². The van der Waals surface area contributed by atoms with Crippen LogP contribution in [0.4, 0.5) is 0 Å². The molecular weight excluding hydrogens is 330 g/mol. The largest absolute Gasteiger partial charge is 0.480 e. The molecule has 0 bridgehead atoms. The van der Waals surface area contributed by atoms with Gasteiger partial charge in [-0.2, -0.15) is 0 Å². The van der Waals surface area contributed by atoms with E-state index in [-0.39, 0.29) is 5.56 Å². The normalized spacial score (nSPS) is 31.6. The highest BCUT2D eigenvalue weighted by Gasteiger charge is 2.64. The highest BCUT2D eigenvalue weighted by molar-refractivity contribution is 8.01. The van der Waals surface area contributed by atoms with Crippen LogP contribution < -0.4 is 11.1 Å². The van der Waals surface area contributed by atoms with Crippen molar-refractivity contribution < 1.29 is 26.3 Å². The fourth-order valence-corrected chi connectivity index (χ4v) is 4.56. The first-order chi connectivity index (χ1) is 13.3. The molecule has 128 valence electrons. The molecule has 0 aliphatic carbocycles. The Morgan fingerprint density at radius 2 is 2.04 bits per heavy atom. The number of carbonyl (C=O) groups excluding carboxylic acids is 2. The van der Waals surface area contributed by atoms with Crippen molar-refractivity contribution >= 4 is 29.5 Å². The molecule has 2 fully saturated rings. The zero-order valence-electron chi connectivity index (χ0n) is 17.9. The summed E-state index contributed by atoms with van der Waals surface area (Å²) < 4.78 is 38.0. The molecule has 0 aromatic heterocycles. The first kappa shape index (κ1) is 11.5. The van der Waals surface area contributed by atoms with E-state index in [1.807, 2.05) is 0 Å². The SMILES string of the molecule is [2H]c1c([2H])c([2H])c(C(N)C(=O)N[C@@H]2C(=O)N3[C@@H]2SC(C)(C)[C@@H]3C(=O)O)c([2H])c1[2H]. The predicted octanol–water partition coefficient (Wildman–Crippen LogP) is 0.318. The zero-order chi connectivity index (χ0) is 22.0. The van der Waals surface area contributed by atoms with Crippen LogP contribution in [0.2, 0.25) is 0 Å². The third kappa shape index (κ3) is 2.55. The van der Waals surface area contributed by atoms with Crippen LogP contribution in [0.3, 0.4) is 0 Å². The Morgan fingerprint density at radius 3 is 2.62 bits per heavy atom. The summed E-state index contributed by atoms with van der Waals surface area (Å²) in [6.45, 7) is 3.39. The number of carboxylic acids is 1. The second kappa shape index (κ2) is 5.78. The van der Waals surface area contributed by atoms with E-state index in [4.69, 9.17) is 12.6 Å². The molecule has 0 spiro atoms. The fraction of sp³-hybridized carbons (Fsp3) is 0.438. The molecule has 4 atom stereocenters. The van der Waals surface area contributed by atoms with Crippen LogP contribution in [0.1, 0.15) is 32.3 Å². The quantitative estimate of drug-likeness (QED) is 0.671. The lowest BCUT2D eigenvalue weighted by atomic mass is 9.95. The number of thioether (sulfide) groups is 1. The molecule has 24 heavy (non-hydrogen) atoms. The van der Waals surface area contributed by atoms with Crippen LogP contribution in [0, 0.1) is 0 Å². The van der Waals surface area contributed by atoms with Crippen LogP contribution in [0.25, 0.3) is 0 Å². The molecule has 3 rings (SSSR count).